The molecular formula is C21H24ClF3N4O4S. The summed E-state index contributed by atoms with van der Waals surface area (Å²) in [6.07, 6.45) is -3.71. The Balaban J connectivity index is 1.80. The highest BCUT2D eigenvalue weighted by Gasteiger charge is 2.35. The van der Waals surface area contributed by atoms with E-state index in [1.165, 1.54) is 18.2 Å². The molecular weight excluding hydrogens is 497 g/mol. The summed E-state index contributed by atoms with van der Waals surface area (Å²) in [4.78, 5) is 18.1. The molecule has 2 atom stereocenters. The summed E-state index contributed by atoms with van der Waals surface area (Å²) >= 11 is 6.12. The lowest BCUT2D eigenvalue weighted by atomic mass is 9.99. The Kier molecular flexibility index (Phi) is 7.63. The molecule has 1 fully saturated rings. The molecule has 1 aliphatic heterocycles. The molecule has 1 amide bonds. The van der Waals surface area contributed by atoms with Gasteiger partial charge in [0.25, 0.3) is 0 Å². The van der Waals surface area contributed by atoms with Crippen LogP contribution in [0.3, 0.4) is 0 Å². The van der Waals surface area contributed by atoms with Crippen LogP contribution >= 0.6 is 11.6 Å². The molecule has 1 aliphatic rings. The number of alkyl halides is 3. The van der Waals surface area contributed by atoms with Crippen LogP contribution < -0.4 is 14.9 Å². The fourth-order valence-electron chi connectivity index (χ4n) is 3.58. The van der Waals surface area contributed by atoms with Crippen molar-refractivity contribution in [3.05, 3.63) is 52.2 Å². The standard InChI is InChI=1S/C21H24ClF3N4O4S/c1-12(13-5-7-16(15(22)11-13)28-34(2,32)33)19(30)27-20(31)14-6-8-17(21(23,24)25)26-18(14)29-9-3-4-10-29/h5-8,11-12,20,28,31H,3-4,9-10H2,1-2H3,(H,27,30). The van der Waals surface area contributed by atoms with Gasteiger partial charge in [-0.25, -0.2) is 13.4 Å². The number of anilines is 2. The van der Waals surface area contributed by atoms with Crippen molar-refractivity contribution < 1.29 is 31.5 Å². The number of pyridine rings is 1. The van der Waals surface area contributed by atoms with E-state index in [0.717, 1.165) is 31.2 Å². The molecule has 1 aromatic carbocycles. The van der Waals surface area contributed by atoms with Crippen LogP contribution in [0, 0.1) is 0 Å². The topological polar surface area (TPSA) is 112 Å². The van der Waals surface area contributed by atoms with Gasteiger partial charge in [0.1, 0.15) is 11.5 Å². The summed E-state index contributed by atoms with van der Waals surface area (Å²) in [7, 11) is -3.55. The number of carbonyl (C=O) groups is 1. The molecule has 0 spiro atoms. The summed E-state index contributed by atoms with van der Waals surface area (Å²) in [5.74, 6) is -1.44. The predicted octanol–water partition coefficient (Wildman–Crippen LogP) is 3.64. The number of halogens is 4. The summed E-state index contributed by atoms with van der Waals surface area (Å²) in [5, 5.41) is 13.1. The monoisotopic (exact) mass is 520 g/mol. The number of carbonyl (C=O) groups excluding carboxylic acids is 1. The molecule has 34 heavy (non-hydrogen) atoms. The average molecular weight is 521 g/mol. The minimum absolute atomic E-state index is 0.0213. The molecule has 0 saturated carbocycles. The van der Waals surface area contributed by atoms with Gasteiger partial charge < -0.3 is 15.3 Å². The largest absolute Gasteiger partial charge is 0.433 e. The minimum atomic E-state index is -4.65. The van der Waals surface area contributed by atoms with Gasteiger partial charge in [0.05, 0.1) is 22.9 Å². The van der Waals surface area contributed by atoms with Crippen molar-refractivity contribution in [2.75, 3.05) is 29.0 Å². The third-order valence-electron chi connectivity index (χ3n) is 5.36. The molecule has 2 aromatic rings. The van der Waals surface area contributed by atoms with Crippen LogP contribution in [0.2, 0.25) is 5.02 Å². The van der Waals surface area contributed by atoms with E-state index < -0.39 is 39.9 Å². The maximum absolute atomic E-state index is 13.2. The number of benzene rings is 1. The van der Waals surface area contributed by atoms with E-state index in [0.29, 0.717) is 18.7 Å². The van der Waals surface area contributed by atoms with Crippen molar-refractivity contribution in [2.45, 2.75) is 38.1 Å². The van der Waals surface area contributed by atoms with Crippen LogP contribution in [-0.4, -0.2) is 43.8 Å². The summed E-state index contributed by atoms with van der Waals surface area (Å²) in [6, 6.07) is 6.21. The van der Waals surface area contributed by atoms with Crippen molar-refractivity contribution in [3.63, 3.8) is 0 Å². The van der Waals surface area contributed by atoms with Gasteiger partial charge in [-0.1, -0.05) is 17.7 Å². The van der Waals surface area contributed by atoms with Gasteiger partial charge in [-0.2, -0.15) is 13.2 Å². The number of aliphatic hydroxyl groups excluding tert-OH is 1. The Morgan fingerprint density at radius 3 is 2.41 bits per heavy atom. The van der Waals surface area contributed by atoms with Gasteiger partial charge in [-0.3, -0.25) is 9.52 Å². The van der Waals surface area contributed by atoms with Crippen molar-refractivity contribution in [1.29, 1.82) is 0 Å². The van der Waals surface area contributed by atoms with Gasteiger partial charge in [0.15, 0.2) is 6.23 Å². The molecule has 1 aromatic heterocycles. The fraction of sp³-hybridized carbons (Fsp3) is 0.429. The first-order valence-corrected chi connectivity index (χ1v) is 12.6. The van der Waals surface area contributed by atoms with E-state index in [-0.39, 0.29) is 22.1 Å². The Hall–Kier alpha value is -2.57. The lowest BCUT2D eigenvalue weighted by Crippen LogP contribution is -2.33. The highest BCUT2D eigenvalue weighted by atomic mass is 35.5. The van der Waals surface area contributed by atoms with Gasteiger partial charge >= 0.3 is 6.18 Å². The first-order valence-electron chi connectivity index (χ1n) is 10.3. The van der Waals surface area contributed by atoms with Crippen molar-refractivity contribution >= 4 is 39.0 Å². The second-order valence-electron chi connectivity index (χ2n) is 8.05. The highest BCUT2D eigenvalue weighted by Crippen LogP contribution is 2.34. The molecule has 0 aliphatic carbocycles. The number of aliphatic hydroxyl groups is 1. The summed E-state index contributed by atoms with van der Waals surface area (Å²) in [5.41, 5.74) is -0.436. The smallest absolute Gasteiger partial charge is 0.369 e. The van der Waals surface area contributed by atoms with Crippen molar-refractivity contribution in [2.24, 2.45) is 0 Å². The van der Waals surface area contributed by atoms with E-state index >= 15 is 0 Å². The average Bonchev–Trinajstić information content (AvgIpc) is 3.27. The van der Waals surface area contributed by atoms with Crippen LogP contribution in [-0.2, 0) is 21.0 Å². The van der Waals surface area contributed by atoms with Gasteiger partial charge in [0.2, 0.25) is 15.9 Å². The highest BCUT2D eigenvalue weighted by molar-refractivity contribution is 7.92. The lowest BCUT2D eigenvalue weighted by molar-refractivity contribution is -0.141. The Labute approximate surface area is 200 Å². The van der Waals surface area contributed by atoms with Crippen LogP contribution in [0.15, 0.2) is 30.3 Å². The van der Waals surface area contributed by atoms with Crippen molar-refractivity contribution in [3.8, 4) is 0 Å². The van der Waals surface area contributed by atoms with Gasteiger partial charge in [-0.15, -0.1) is 0 Å². The second kappa shape index (κ2) is 9.96. The van der Waals surface area contributed by atoms with Crippen LogP contribution in [0.4, 0.5) is 24.7 Å². The van der Waals surface area contributed by atoms with E-state index in [4.69, 9.17) is 11.6 Å². The van der Waals surface area contributed by atoms with Gasteiger partial charge in [-0.05, 0) is 49.6 Å². The molecule has 8 nitrogen and oxygen atoms in total. The number of aromatic nitrogens is 1. The second-order valence-corrected chi connectivity index (χ2v) is 10.2. The predicted molar refractivity (Wildman–Crippen MR) is 122 cm³/mol. The molecule has 2 heterocycles. The van der Waals surface area contributed by atoms with Crippen LogP contribution in [0.1, 0.15) is 48.7 Å². The molecule has 1 saturated heterocycles. The van der Waals surface area contributed by atoms with Crippen molar-refractivity contribution in [1.82, 2.24) is 10.3 Å². The zero-order valence-corrected chi connectivity index (χ0v) is 19.9. The third kappa shape index (κ3) is 6.30. The van der Waals surface area contributed by atoms with E-state index in [2.05, 4.69) is 15.0 Å². The maximum Gasteiger partial charge on any atom is 0.433 e. The Morgan fingerprint density at radius 1 is 1.21 bits per heavy atom. The molecule has 0 radical (unpaired) electrons. The first-order chi connectivity index (χ1) is 15.8. The number of sulfonamides is 1. The van der Waals surface area contributed by atoms with E-state index in [1.807, 2.05) is 0 Å². The normalized spacial score (nSPS) is 16.3. The molecule has 3 rings (SSSR count). The molecule has 0 bridgehead atoms. The Morgan fingerprint density at radius 2 is 1.85 bits per heavy atom. The SMILES string of the molecule is CC(C(=O)NC(O)c1ccc(C(F)(F)F)nc1N1CCCC1)c1ccc(NS(C)(=O)=O)c(Cl)c1. The number of hydrogen-bond donors (Lipinski definition) is 3. The molecule has 13 heteroatoms. The zero-order valence-electron chi connectivity index (χ0n) is 18.4. The zero-order chi connectivity index (χ0) is 25.3. The quantitative estimate of drug-likeness (QED) is 0.481. The first kappa shape index (κ1) is 26.0. The van der Waals surface area contributed by atoms with Gasteiger partial charge in [0, 0.05) is 18.7 Å². The fourth-order valence-corrected chi connectivity index (χ4v) is 4.45. The molecule has 3 N–H and O–H groups in total. The summed E-state index contributed by atoms with van der Waals surface area (Å²) in [6.45, 7) is 2.53. The maximum atomic E-state index is 13.2. The third-order valence-corrected chi connectivity index (χ3v) is 6.26. The molecule has 186 valence electrons. The number of nitrogens with one attached hydrogen (secondary N) is 2. The number of amides is 1. The molecule has 2 unspecified atom stereocenters. The minimum Gasteiger partial charge on any atom is -0.369 e. The number of rotatable bonds is 7. The van der Waals surface area contributed by atoms with Crippen LogP contribution in [0.5, 0.6) is 0 Å². The van der Waals surface area contributed by atoms with E-state index in [9.17, 15) is 31.5 Å². The van der Waals surface area contributed by atoms with Crippen LogP contribution in [0.25, 0.3) is 0 Å². The number of hydrogen-bond acceptors (Lipinski definition) is 6. The number of nitrogens with zero attached hydrogens (tertiary/aromatic N) is 2. The van der Waals surface area contributed by atoms with E-state index in [1.54, 1.807) is 11.8 Å². The Bertz CT molecular complexity index is 1170. The lowest BCUT2D eigenvalue weighted by Gasteiger charge is -2.25. The summed E-state index contributed by atoms with van der Waals surface area (Å²) < 4.78 is 64.6.